The molecule has 0 unspecified atom stereocenters. The molecule has 1 heterocycles. The summed E-state index contributed by atoms with van der Waals surface area (Å²) in [5, 5.41) is 6.04. The Balaban J connectivity index is 1.71. The molecule has 0 aliphatic carbocycles. The smallest absolute Gasteiger partial charge is 0.255 e. The second kappa shape index (κ2) is 7.27. The van der Waals surface area contributed by atoms with Gasteiger partial charge in [0.25, 0.3) is 5.91 Å². The van der Waals surface area contributed by atoms with Crippen LogP contribution >= 0.6 is 11.3 Å². The summed E-state index contributed by atoms with van der Waals surface area (Å²) in [5.41, 5.74) is 3.32. The third-order valence-corrected chi connectivity index (χ3v) is 4.64. The molecule has 24 heavy (non-hydrogen) atoms. The van der Waals surface area contributed by atoms with Gasteiger partial charge in [0, 0.05) is 22.2 Å². The summed E-state index contributed by atoms with van der Waals surface area (Å²) < 4.78 is 5.11. The van der Waals surface area contributed by atoms with Crippen LogP contribution in [0.3, 0.4) is 0 Å². The summed E-state index contributed by atoms with van der Waals surface area (Å²) in [6.07, 6.45) is 0.938. The summed E-state index contributed by atoms with van der Waals surface area (Å²) in [5.74, 6) is 0.617. The van der Waals surface area contributed by atoms with Gasteiger partial charge in [0.2, 0.25) is 0 Å². The number of carbonyl (C=O) groups excluding carboxylic acids is 1. The highest BCUT2D eigenvalue weighted by Gasteiger charge is 2.08. The van der Waals surface area contributed by atoms with Gasteiger partial charge in [0.05, 0.1) is 17.8 Å². The largest absolute Gasteiger partial charge is 0.497 e. The van der Waals surface area contributed by atoms with E-state index < -0.39 is 0 Å². The lowest BCUT2D eigenvalue weighted by Crippen LogP contribution is -2.11. The van der Waals surface area contributed by atoms with Gasteiger partial charge in [-0.05, 0) is 42.8 Å². The summed E-state index contributed by atoms with van der Waals surface area (Å²) in [4.78, 5) is 16.9. The van der Waals surface area contributed by atoms with Crippen LogP contribution in [0.5, 0.6) is 5.75 Å². The Bertz CT molecular complexity index is 823. The van der Waals surface area contributed by atoms with Crippen LogP contribution in [0.2, 0.25) is 0 Å². The van der Waals surface area contributed by atoms with Gasteiger partial charge in [-0.2, -0.15) is 0 Å². The average Bonchev–Trinajstić information content (AvgIpc) is 3.11. The van der Waals surface area contributed by atoms with Crippen molar-refractivity contribution in [3.8, 4) is 17.0 Å². The Morgan fingerprint density at radius 3 is 2.42 bits per heavy atom. The lowest BCUT2D eigenvalue weighted by atomic mass is 10.1. The van der Waals surface area contributed by atoms with E-state index in [0.717, 1.165) is 34.1 Å². The minimum atomic E-state index is -0.140. The number of nitrogens with zero attached hydrogens (tertiary/aromatic N) is 1. The maximum atomic E-state index is 12.3. The molecule has 5 heteroatoms. The van der Waals surface area contributed by atoms with E-state index in [1.54, 1.807) is 18.4 Å². The van der Waals surface area contributed by atoms with Crippen LogP contribution < -0.4 is 10.1 Å². The van der Waals surface area contributed by atoms with Gasteiger partial charge in [-0.1, -0.05) is 19.1 Å². The second-order valence-corrected chi connectivity index (χ2v) is 6.18. The molecule has 0 aliphatic heterocycles. The highest BCUT2D eigenvalue weighted by Crippen LogP contribution is 2.23. The van der Waals surface area contributed by atoms with Crippen LogP contribution in [0.4, 0.5) is 5.69 Å². The number of hydrogen-bond donors (Lipinski definition) is 1. The van der Waals surface area contributed by atoms with Crippen molar-refractivity contribution in [1.82, 2.24) is 4.98 Å². The monoisotopic (exact) mass is 338 g/mol. The van der Waals surface area contributed by atoms with Crippen molar-refractivity contribution in [1.29, 1.82) is 0 Å². The number of carbonyl (C=O) groups is 1. The molecular weight excluding hydrogens is 320 g/mol. The van der Waals surface area contributed by atoms with Crippen LogP contribution in [-0.2, 0) is 6.42 Å². The van der Waals surface area contributed by atoms with Crippen molar-refractivity contribution in [3.63, 3.8) is 0 Å². The van der Waals surface area contributed by atoms with E-state index in [1.807, 2.05) is 53.9 Å². The van der Waals surface area contributed by atoms with Crippen LogP contribution in [-0.4, -0.2) is 18.0 Å². The Morgan fingerprint density at radius 1 is 1.12 bits per heavy atom. The van der Waals surface area contributed by atoms with Crippen molar-refractivity contribution in [3.05, 3.63) is 64.5 Å². The number of thiazole rings is 1. The van der Waals surface area contributed by atoms with Crippen molar-refractivity contribution < 1.29 is 9.53 Å². The second-order valence-electron chi connectivity index (χ2n) is 5.24. The summed E-state index contributed by atoms with van der Waals surface area (Å²) in [6, 6.07) is 14.7. The molecule has 0 radical (unpaired) electrons. The highest BCUT2D eigenvalue weighted by molar-refractivity contribution is 7.09. The topological polar surface area (TPSA) is 51.2 Å². The SMILES string of the molecule is CCc1nc(-c2ccc(C(=O)Nc3ccc(OC)cc3)cc2)cs1. The first-order valence-corrected chi connectivity index (χ1v) is 8.58. The summed E-state index contributed by atoms with van der Waals surface area (Å²) >= 11 is 1.66. The molecule has 0 spiro atoms. The third-order valence-electron chi connectivity index (χ3n) is 3.64. The van der Waals surface area contributed by atoms with Gasteiger partial charge in [0.15, 0.2) is 0 Å². The fourth-order valence-corrected chi connectivity index (χ4v) is 3.03. The van der Waals surface area contributed by atoms with E-state index >= 15 is 0 Å². The van der Waals surface area contributed by atoms with E-state index in [1.165, 1.54) is 0 Å². The van der Waals surface area contributed by atoms with E-state index in [9.17, 15) is 4.79 Å². The molecule has 0 saturated carbocycles. The number of anilines is 1. The van der Waals surface area contributed by atoms with Crippen molar-refractivity contribution in [2.45, 2.75) is 13.3 Å². The van der Waals surface area contributed by atoms with E-state index in [2.05, 4.69) is 17.2 Å². The minimum Gasteiger partial charge on any atom is -0.497 e. The van der Waals surface area contributed by atoms with Gasteiger partial charge in [-0.25, -0.2) is 4.98 Å². The molecule has 0 bridgehead atoms. The number of rotatable bonds is 5. The molecule has 3 rings (SSSR count). The average molecular weight is 338 g/mol. The predicted octanol–water partition coefficient (Wildman–Crippen LogP) is 4.63. The maximum Gasteiger partial charge on any atom is 0.255 e. The van der Waals surface area contributed by atoms with Gasteiger partial charge in [-0.3, -0.25) is 4.79 Å². The summed E-state index contributed by atoms with van der Waals surface area (Å²) in [7, 11) is 1.61. The number of aromatic nitrogens is 1. The first-order chi connectivity index (χ1) is 11.7. The first-order valence-electron chi connectivity index (χ1n) is 7.70. The standard InChI is InChI=1S/C19H18N2O2S/c1-3-18-21-17(12-24-18)13-4-6-14(7-5-13)19(22)20-15-8-10-16(23-2)11-9-15/h4-12H,3H2,1-2H3,(H,20,22). The molecule has 1 aromatic heterocycles. The molecule has 3 aromatic rings. The number of nitrogens with one attached hydrogen (secondary N) is 1. The van der Waals surface area contributed by atoms with E-state index in [4.69, 9.17) is 4.74 Å². The number of aryl methyl sites for hydroxylation is 1. The predicted molar refractivity (Wildman–Crippen MR) is 97.9 cm³/mol. The fourth-order valence-electron chi connectivity index (χ4n) is 2.28. The summed E-state index contributed by atoms with van der Waals surface area (Å²) in [6.45, 7) is 2.09. The normalized spacial score (nSPS) is 10.4. The van der Waals surface area contributed by atoms with E-state index in [-0.39, 0.29) is 5.91 Å². The fraction of sp³-hybridized carbons (Fsp3) is 0.158. The minimum absolute atomic E-state index is 0.140. The van der Waals surface area contributed by atoms with Crippen molar-refractivity contribution in [2.75, 3.05) is 12.4 Å². The van der Waals surface area contributed by atoms with Crippen molar-refractivity contribution >= 4 is 22.9 Å². The number of methoxy groups -OCH3 is 1. The van der Waals surface area contributed by atoms with Gasteiger partial charge in [-0.15, -0.1) is 11.3 Å². The zero-order valence-electron chi connectivity index (χ0n) is 13.6. The first kappa shape index (κ1) is 16.2. The van der Waals surface area contributed by atoms with Gasteiger partial charge in [0.1, 0.15) is 5.75 Å². The Labute approximate surface area is 145 Å². The maximum absolute atomic E-state index is 12.3. The van der Waals surface area contributed by atoms with Crippen LogP contribution in [0, 0.1) is 0 Å². The molecule has 0 aliphatic rings. The molecule has 1 N–H and O–H groups in total. The Hall–Kier alpha value is -2.66. The molecule has 2 aromatic carbocycles. The number of amides is 1. The Kier molecular flexibility index (Phi) is 4.91. The molecule has 1 amide bonds. The lowest BCUT2D eigenvalue weighted by molar-refractivity contribution is 0.102. The zero-order chi connectivity index (χ0) is 16.9. The molecule has 122 valence electrons. The van der Waals surface area contributed by atoms with Gasteiger partial charge >= 0.3 is 0 Å². The number of ether oxygens (including phenoxy) is 1. The molecular formula is C19H18N2O2S. The quantitative estimate of drug-likeness (QED) is 0.738. The molecule has 0 saturated heterocycles. The Morgan fingerprint density at radius 2 is 1.83 bits per heavy atom. The van der Waals surface area contributed by atoms with Crippen LogP contribution in [0.1, 0.15) is 22.3 Å². The van der Waals surface area contributed by atoms with Crippen molar-refractivity contribution in [2.24, 2.45) is 0 Å². The highest BCUT2D eigenvalue weighted by atomic mass is 32.1. The van der Waals surface area contributed by atoms with Gasteiger partial charge < -0.3 is 10.1 Å². The zero-order valence-corrected chi connectivity index (χ0v) is 14.4. The van der Waals surface area contributed by atoms with E-state index in [0.29, 0.717) is 5.56 Å². The number of benzene rings is 2. The van der Waals surface area contributed by atoms with Crippen LogP contribution in [0.15, 0.2) is 53.9 Å². The molecule has 4 nitrogen and oxygen atoms in total. The molecule has 0 fully saturated rings. The number of hydrogen-bond acceptors (Lipinski definition) is 4. The third kappa shape index (κ3) is 3.63. The lowest BCUT2D eigenvalue weighted by Gasteiger charge is -2.07. The van der Waals surface area contributed by atoms with Crippen LogP contribution in [0.25, 0.3) is 11.3 Å². The molecule has 0 atom stereocenters.